The maximum atomic E-state index is 12.4. The molecule has 3 rings (SSSR count). The zero-order valence-corrected chi connectivity index (χ0v) is 18.8. The van der Waals surface area contributed by atoms with Crippen molar-refractivity contribution in [1.29, 1.82) is 0 Å². The van der Waals surface area contributed by atoms with E-state index >= 15 is 0 Å². The van der Waals surface area contributed by atoms with Crippen molar-refractivity contribution in [3.63, 3.8) is 0 Å². The first-order valence-corrected chi connectivity index (χ1v) is 12.2. The maximum absolute atomic E-state index is 12.4. The molecule has 2 aromatic carbocycles. The van der Waals surface area contributed by atoms with Gasteiger partial charge < -0.3 is 5.32 Å². The predicted octanol–water partition coefficient (Wildman–Crippen LogP) is 4.50. The molecule has 0 fully saturated rings. The standard InChI is InChI=1S/C24H30N2O3S/c1-18-9-14-23(19(2)15-18)26(30(3,28)29)17-21-10-12-22(13-11-21)24(27)25-16-20-7-5-4-6-8-20/h7,9-15H,4-6,8,16-17H2,1-3H3,(H,25,27). The Bertz CT molecular complexity index is 1040. The normalized spacial score (nSPS) is 14.2. The van der Waals surface area contributed by atoms with Crippen LogP contribution in [0, 0.1) is 13.8 Å². The molecule has 0 bridgehead atoms. The summed E-state index contributed by atoms with van der Waals surface area (Å²) in [6, 6.07) is 12.9. The zero-order chi connectivity index (χ0) is 21.7. The molecule has 1 amide bonds. The number of hydrogen-bond donors (Lipinski definition) is 1. The van der Waals surface area contributed by atoms with Crippen LogP contribution in [0.4, 0.5) is 5.69 Å². The molecule has 1 aliphatic rings. The molecule has 0 heterocycles. The highest BCUT2D eigenvalue weighted by atomic mass is 32.2. The second-order valence-corrected chi connectivity index (χ2v) is 9.95. The van der Waals surface area contributed by atoms with Crippen molar-refractivity contribution in [2.45, 2.75) is 46.1 Å². The molecule has 1 N–H and O–H groups in total. The van der Waals surface area contributed by atoms with Crippen LogP contribution in [0.25, 0.3) is 0 Å². The first kappa shape index (κ1) is 22.1. The second kappa shape index (κ2) is 9.47. The highest BCUT2D eigenvalue weighted by Crippen LogP contribution is 2.25. The number of rotatable bonds is 7. The fraction of sp³-hybridized carbons (Fsp3) is 0.375. The summed E-state index contributed by atoms with van der Waals surface area (Å²) in [4.78, 5) is 12.4. The minimum atomic E-state index is -3.45. The average molecular weight is 427 g/mol. The van der Waals surface area contributed by atoms with Crippen LogP contribution in [0.15, 0.2) is 54.1 Å². The molecular weight excluding hydrogens is 396 g/mol. The fourth-order valence-electron chi connectivity index (χ4n) is 3.75. The van der Waals surface area contributed by atoms with Gasteiger partial charge in [-0.25, -0.2) is 8.42 Å². The van der Waals surface area contributed by atoms with Gasteiger partial charge in [0.15, 0.2) is 0 Å². The van der Waals surface area contributed by atoms with Gasteiger partial charge in [0.2, 0.25) is 10.0 Å². The summed E-state index contributed by atoms with van der Waals surface area (Å²) in [6.45, 7) is 4.71. The van der Waals surface area contributed by atoms with Crippen molar-refractivity contribution >= 4 is 21.6 Å². The minimum absolute atomic E-state index is 0.109. The van der Waals surface area contributed by atoms with E-state index < -0.39 is 10.0 Å². The van der Waals surface area contributed by atoms with Crippen LogP contribution in [0.1, 0.15) is 52.7 Å². The Morgan fingerprint density at radius 2 is 1.80 bits per heavy atom. The lowest BCUT2D eigenvalue weighted by molar-refractivity contribution is 0.0956. The van der Waals surface area contributed by atoms with Gasteiger partial charge in [0.1, 0.15) is 0 Å². The van der Waals surface area contributed by atoms with Gasteiger partial charge in [0, 0.05) is 12.1 Å². The third-order valence-corrected chi connectivity index (χ3v) is 6.55. The molecule has 1 aliphatic carbocycles. The van der Waals surface area contributed by atoms with Crippen LogP contribution in [0.5, 0.6) is 0 Å². The summed E-state index contributed by atoms with van der Waals surface area (Å²) in [7, 11) is -3.45. The molecule has 0 radical (unpaired) electrons. The van der Waals surface area contributed by atoms with E-state index in [1.54, 1.807) is 12.1 Å². The van der Waals surface area contributed by atoms with E-state index in [4.69, 9.17) is 0 Å². The van der Waals surface area contributed by atoms with Gasteiger partial charge >= 0.3 is 0 Å². The van der Waals surface area contributed by atoms with Crippen molar-refractivity contribution in [2.75, 3.05) is 17.1 Å². The molecule has 5 nitrogen and oxygen atoms in total. The van der Waals surface area contributed by atoms with E-state index in [-0.39, 0.29) is 12.5 Å². The molecule has 0 aliphatic heterocycles. The third-order valence-electron chi connectivity index (χ3n) is 5.42. The Labute approximate surface area is 179 Å². The Kier molecular flexibility index (Phi) is 6.98. The molecule has 0 unspecified atom stereocenters. The number of carbonyl (C=O) groups excluding carboxylic acids is 1. The molecule has 0 saturated heterocycles. The van der Waals surface area contributed by atoms with Gasteiger partial charge in [0.05, 0.1) is 18.5 Å². The summed E-state index contributed by atoms with van der Waals surface area (Å²) in [6.07, 6.45) is 8.00. The van der Waals surface area contributed by atoms with Gasteiger partial charge in [-0.05, 0) is 68.9 Å². The molecule has 0 spiro atoms. The maximum Gasteiger partial charge on any atom is 0.251 e. The quantitative estimate of drug-likeness (QED) is 0.663. The molecule has 0 saturated carbocycles. The number of allylic oxidation sites excluding steroid dienone is 1. The van der Waals surface area contributed by atoms with Gasteiger partial charge in [0.25, 0.3) is 5.91 Å². The average Bonchev–Trinajstić information content (AvgIpc) is 2.71. The number of benzene rings is 2. The van der Waals surface area contributed by atoms with Crippen molar-refractivity contribution in [2.24, 2.45) is 0 Å². The zero-order valence-electron chi connectivity index (χ0n) is 17.9. The van der Waals surface area contributed by atoms with E-state index in [2.05, 4.69) is 11.4 Å². The first-order chi connectivity index (χ1) is 14.2. The Hall–Kier alpha value is -2.60. The minimum Gasteiger partial charge on any atom is -0.348 e. The summed E-state index contributed by atoms with van der Waals surface area (Å²) < 4.78 is 26.3. The highest BCUT2D eigenvalue weighted by molar-refractivity contribution is 7.92. The number of nitrogens with zero attached hydrogens (tertiary/aromatic N) is 1. The lowest BCUT2D eigenvalue weighted by Crippen LogP contribution is -2.30. The van der Waals surface area contributed by atoms with Crippen molar-refractivity contribution < 1.29 is 13.2 Å². The molecule has 30 heavy (non-hydrogen) atoms. The molecule has 160 valence electrons. The largest absolute Gasteiger partial charge is 0.348 e. The van der Waals surface area contributed by atoms with E-state index in [0.717, 1.165) is 29.5 Å². The summed E-state index contributed by atoms with van der Waals surface area (Å²) in [5.41, 5.74) is 5.37. The van der Waals surface area contributed by atoms with Crippen LogP contribution >= 0.6 is 0 Å². The smallest absolute Gasteiger partial charge is 0.251 e. The number of sulfonamides is 1. The van der Waals surface area contributed by atoms with Gasteiger partial charge in [-0.3, -0.25) is 9.10 Å². The van der Waals surface area contributed by atoms with E-state index in [9.17, 15) is 13.2 Å². The van der Waals surface area contributed by atoms with Crippen LogP contribution < -0.4 is 9.62 Å². The number of carbonyl (C=O) groups is 1. The van der Waals surface area contributed by atoms with Crippen molar-refractivity contribution in [3.8, 4) is 0 Å². The van der Waals surface area contributed by atoms with Crippen LogP contribution in [0.2, 0.25) is 0 Å². The Balaban J connectivity index is 1.71. The summed E-state index contributed by atoms with van der Waals surface area (Å²) >= 11 is 0. The lowest BCUT2D eigenvalue weighted by atomic mass is 9.99. The first-order valence-electron chi connectivity index (χ1n) is 10.3. The number of anilines is 1. The highest BCUT2D eigenvalue weighted by Gasteiger charge is 2.20. The third kappa shape index (κ3) is 5.72. The van der Waals surface area contributed by atoms with Gasteiger partial charge in [-0.15, -0.1) is 0 Å². The number of nitrogens with one attached hydrogen (secondary N) is 1. The Morgan fingerprint density at radius 1 is 1.07 bits per heavy atom. The molecule has 6 heteroatoms. The summed E-state index contributed by atoms with van der Waals surface area (Å²) in [5, 5.41) is 2.98. The van der Waals surface area contributed by atoms with Crippen LogP contribution in [0.3, 0.4) is 0 Å². The molecule has 0 atom stereocenters. The fourth-order valence-corrected chi connectivity index (χ4v) is 4.70. The lowest BCUT2D eigenvalue weighted by Gasteiger charge is -2.24. The summed E-state index contributed by atoms with van der Waals surface area (Å²) in [5.74, 6) is -0.109. The predicted molar refractivity (Wildman–Crippen MR) is 122 cm³/mol. The van der Waals surface area contributed by atoms with E-state index in [1.165, 1.54) is 29.0 Å². The second-order valence-electron chi connectivity index (χ2n) is 8.05. The molecule has 0 aromatic heterocycles. The van der Waals surface area contributed by atoms with Crippen molar-refractivity contribution in [3.05, 3.63) is 76.4 Å². The van der Waals surface area contributed by atoms with E-state index in [0.29, 0.717) is 17.8 Å². The monoisotopic (exact) mass is 426 g/mol. The van der Waals surface area contributed by atoms with Crippen LogP contribution in [-0.2, 0) is 16.6 Å². The number of hydrogen-bond acceptors (Lipinski definition) is 3. The molecule has 2 aromatic rings. The number of amides is 1. The van der Waals surface area contributed by atoms with Crippen molar-refractivity contribution in [1.82, 2.24) is 5.32 Å². The topological polar surface area (TPSA) is 66.5 Å². The Morgan fingerprint density at radius 3 is 2.40 bits per heavy atom. The molecular formula is C24H30N2O3S. The van der Waals surface area contributed by atoms with Gasteiger partial charge in [-0.1, -0.05) is 41.5 Å². The van der Waals surface area contributed by atoms with Gasteiger partial charge in [-0.2, -0.15) is 0 Å². The SMILES string of the molecule is Cc1ccc(N(Cc2ccc(C(=O)NCC3=CCCCC3)cc2)S(C)(=O)=O)c(C)c1. The van der Waals surface area contributed by atoms with Crippen LogP contribution in [-0.4, -0.2) is 27.1 Å². The number of aryl methyl sites for hydroxylation is 2. The van der Waals surface area contributed by atoms with E-state index in [1.807, 2.05) is 44.2 Å².